The van der Waals surface area contributed by atoms with Gasteiger partial charge in [-0.2, -0.15) is 0 Å². The molecule has 3 aromatic rings. The summed E-state index contributed by atoms with van der Waals surface area (Å²) in [4.78, 5) is 27.0. The number of nitrogens with zero attached hydrogens (tertiary/aromatic N) is 6. The van der Waals surface area contributed by atoms with E-state index in [-0.39, 0.29) is 59.1 Å². The number of benzene rings is 2. The molecule has 1 heterocycles. The molecule has 2 aromatic carbocycles. The molecule has 14 nitrogen and oxygen atoms in total. The van der Waals surface area contributed by atoms with Crippen LogP contribution >= 0.6 is 0 Å². The van der Waals surface area contributed by atoms with Crippen LogP contribution in [0.2, 0.25) is 0 Å². The van der Waals surface area contributed by atoms with Gasteiger partial charge in [0.25, 0.3) is 0 Å². The number of hydrogen-bond acceptors (Lipinski definition) is 11. The van der Waals surface area contributed by atoms with E-state index < -0.39 is 22.8 Å². The van der Waals surface area contributed by atoms with Crippen LogP contribution in [0.5, 0.6) is 0 Å². The Kier molecular flexibility index (Phi) is 21.2. The average Bonchev–Trinajstić information content (AvgIpc) is 3.58. The van der Waals surface area contributed by atoms with Gasteiger partial charge in [0.15, 0.2) is 0 Å². The molecule has 0 fully saturated rings. The molecule has 0 bridgehead atoms. The van der Waals surface area contributed by atoms with Crippen molar-refractivity contribution in [2.24, 2.45) is 15.9 Å². The molecule has 0 amide bonds. The number of carbonyl (C=O) groups excluding carboxylic acids is 2. The van der Waals surface area contributed by atoms with Crippen molar-refractivity contribution in [3.05, 3.63) is 94.1 Å². The van der Waals surface area contributed by atoms with Crippen LogP contribution in [0.15, 0.2) is 72.0 Å². The highest BCUT2D eigenvalue weighted by Gasteiger charge is 2.35. The molecule has 3 rings (SSSR count). The van der Waals surface area contributed by atoms with Crippen LogP contribution < -0.4 is 0 Å². The summed E-state index contributed by atoms with van der Waals surface area (Å²) in [7, 11) is 0. The molecule has 49 heavy (non-hydrogen) atoms. The molecule has 0 radical (unpaired) electrons. The molecule has 0 spiro atoms. The van der Waals surface area contributed by atoms with Gasteiger partial charge < -0.3 is 29.9 Å². The van der Waals surface area contributed by atoms with E-state index >= 15 is 0 Å². The summed E-state index contributed by atoms with van der Waals surface area (Å²) in [5.74, 6) is 1.19. The average molecular weight is 683 g/mol. The van der Waals surface area contributed by atoms with Crippen molar-refractivity contribution in [3.63, 3.8) is 0 Å². The number of hydrogen-bond donors (Lipinski definition) is 4. The Morgan fingerprint density at radius 3 is 1.78 bits per heavy atom. The van der Waals surface area contributed by atoms with Crippen LogP contribution in [0.1, 0.15) is 76.9 Å². The van der Waals surface area contributed by atoms with E-state index in [1.165, 1.54) is 0 Å². The molecule has 0 aliphatic rings. The number of aromatic nitrogens is 3. The maximum Gasteiger partial charge on any atom is 0.311 e. The molecule has 14 heteroatoms. The van der Waals surface area contributed by atoms with Crippen molar-refractivity contribution in [3.8, 4) is 12.3 Å². The van der Waals surface area contributed by atoms with Gasteiger partial charge in [-0.25, -0.2) is 4.68 Å². The molecule has 1 aromatic heterocycles. The van der Waals surface area contributed by atoms with Gasteiger partial charge >= 0.3 is 11.9 Å². The zero-order chi connectivity index (χ0) is 36.0. The summed E-state index contributed by atoms with van der Waals surface area (Å²) in [5.41, 5.74) is 9.41. The van der Waals surface area contributed by atoms with Gasteiger partial charge in [-0.15, -0.1) is 11.5 Å². The third-order valence-corrected chi connectivity index (χ3v) is 6.85. The van der Waals surface area contributed by atoms with E-state index in [9.17, 15) is 14.7 Å². The van der Waals surface area contributed by atoms with E-state index in [4.69, 9.17) is 30.3 Å². The minimum Gasteiger partial charge on any atom is -0.463 e. The number of ether oxygens (including phenoxy) is 2. The fourth-order valence-electron chi connectivity index (χ4n) is 4.34. The molecular weight excluding hydrogens is 632 g/mol. The van der Waals surface area contributed by atoms with Crippen molar-refractivity contribution >= 4 is 11.9 Å². The summed E-state index contributed by atoms with van der Waals surface area (Å²) in [6.45, 7) is 6.26. The van der Waals surface area contributed by atoms with Gasteiger partial charge in [-0.3, -0.25) is 9.59 Å². The smallest absolute Gasteiger partial charge is 0.311 e. The van der Waals surface area contributed by atoms with Crippen molar-refractivity contribution in [1.29, 1.82) is 0 Å². The van der Waals surface area contributed by atoms with Crippen LogP contribution in [0.4, 0.5) is 0 Å². The second-order valence-electron chi connectivity index (χ2n) is 11.7. The summed E-state index contributed by atoms with van der Waals surface area (Å²) in [6.07, 6.45) is 6.98. The molecule has 0 saturated heterocycles. The van der Waals surface area contributed by atoms with Crippen molar-refractivity contribution in [1.82, 2.24) is 15.0 Å². The lowest BCUT2D eigenvalue weighted by molar-refractivity contribution is -0.156. The largest absolute Gasteiger partial charge is 0.463 e. The van der Waals surface area contributed by atoms with Crippen LogP contribution in [-0.2, 0) is 25.7 Å². The number of rotatable bonds is 15. The number of aliphatic hydroxyl groups is 4. The zero-order valence-electron chi connectivity index (χ0n) is 27.8. The lowest BCUT2D eigenvalue weighted by Gasteiger charge is -2.28. The SMILES string of the molecule is C.C#CCO.CC(C)(CC(N=[N+]=[N-])c1ccccc1)C(=O)OCCO.CC(C)(CC(c1ccccc1)n1cc(CO)nn1)C(=O)OCCO. The quantitative estimate of drug-likeness (QED) is 0.0577. The number of carbonyl (C=O) groups is 2. The van der Waals surface area contributed by atoms with Crippen LogP contribution in [0.25, 0.3) is 10.4 Å². The Bertz CT molecular complexity index is 1450. The molecule has 268 valence electrons. The predicted octanol–water partition coefficient (Wildman–Crippen LogP) is 4.55. The first-order valence-electron chi connectivity index (χ1n) is 15.2. The highest BCUT2D eigenvalue weighted by atomic mass is 16.5. The summed E-state index contributed by atoms with van der Waals surface area (Å²) < 4.78 is 11.7. The van der Waals surface area contributed by atoms with E-state index in [1.54, 1.807) is 38.6 Å². The maximum atomic E-state index is 12.3. The standard InChI is InChI=1S/C17H23N3O4.C14H19N3O3.C3H4O.CH4/c1-17(2,16(23)24-9-8-21)10-15(13-6-4-3-5-7-13)20-11-14(12-22)18-19-20;1-14(2,13(19)20-9-8-18)10-12(16-17-15)11-6-4-3-5-7-11;1-2-3-4;/h3-7,11,15,21-22H,8-10,12H2,1-2H3;3-7,12,18H,8-10H2,1-2H3;1,4H,3H2;1H4. The molecule has 0 aliphatic heterocycles. The summed E-state index contributed by atoms with van der Waals surface area (Å²) >= 11 is 0. The molecular formula is C35H50N6O8. The Morgan fingerprint density at radius 1 is 0.898 bits per heavy atom. The third-order valence-electron chi connectivity index (χ3n) is 6.85. The molecule has 0 saturated carbocycles. The number of esters is 2. The van der Waals surface area contributed by atoms with Gasteiger partial charge in [0.1, 0.15) is 25.5 Å². The van der Waals surface area contributed by atoms with Crippen molar-refractivity contribution < 1.29 is 39.5 Å². The zero-order valence-corrected chi connectivity index (χ0v) is 27.8. The fraction of sp³-hybridized carbons (Fsp3) is 0.486. The first-order chi connectivity index (χ1) is 22.9. The van der Waals surface area contributed by atoms with Crippen LogP contribution in [0.3, 0.4) is 0 Å². The van der Waals surface area contributed by atoms with E-state index in [2.05, 4.69) is 26.8 Å². The van der Waals surface area contributed by atoms with Gasteiger partial charge in [0.05, 0.1) is 48.9 Å². The van der Waals surface area contributed by atoms with Crippen molar-refractivity contribution in [2.75, 3.05) is 33.0 Å². The van der Waals surface area contributed by atoms with Gasteiger partial charge in [-0.05, 0) is 57.2 Å². The first-order valence-corrected chi connectivity index (χ1v) is 15.2. The monoisotopic (exact) mass is 682 g/mol. The molecule has 0 aliphatic carbocycles. The second-order valence-corrected chi connectivity index (χ2v) is 11.7. The minimum atomic E-state index is -0.802. The normalized spacial score (nSPS) is 11.7. The highest BCUT2D eigenvalue weighted by molar-refractivity contribution is 5.76. The number of terminal acetylenes is 1. The lowest BCUT2D eigenvalue weighted by atomic mass is 9.83. The van der Waals surface area contributed by atoms with E-state index in [1.807, 2.05) is 66.6 Å². The topological polar surface area (TPSA) is 213 Å². The van der Waals surface area contributed by atoms with Gasteiger partial charge in [0, 0.05) is 4.91 Å². The Balaban J connectivity index is 0.000000843. The fourth-order valence-corrected chi connectivity index (χ4v) is 4.34. The van der Waals surface area contributed by atoms with Crippen molar-refractivity contribution in [2.45, 2.75) is 66.7 Å². The van der Waals surface area contributed by atoms with Gasteiger partial charge in [-0.1, -0.05) is 84.3 Å². The number of aliphatic hydroxyl groups excluding tert-OH is 4. The number of azide groups is 1. The molecule has 2 atom stereocenters. The Hall–Kier alpha value is -4.77. The van der Waals surface area contributed by atoms with Crippen LogP contribution in [-0.4, -0.2) is 80.4 Å². The maximum absolute atomic E-state index is 12.3. The van der Waals surface area contributed by atoms with E-state index in [0.717, 1.165) is 11.1 Å². The van der Waals surface area contributed by atoms with Gasteiger partial charge in [0.2, 0.25) is 0 Å². The van der Waals surface area contributed by atoms with Crippen LogP contribution in [0, 0.1) is 23.2 Å². The van der Waals surface area contributed by atoms with E-state index in [0.29, 0.717) is 18.5 Å². The highest BCUT2D eigenvalue weighted by Crippen LogP contribution is 2.35. The minimum absolute atomic E-state index is 0. The molecule has 2 unspecified atom stereocenters. The lowest BCUT2D eigenvalue weighted by Crippen LogP contribution is -2.31. The Labute approximate surface area is 288 Å². The predicted molar refractivity (Wildman–Crippen MR) is 184 cm³/mol. The Morgan fingerprint density at radius 2 is 1.37 bits per heavy atom. The third kappa shape index (κ3) is 15.8. The second kappa shape index (κ2) is 23.5. The summed E-state index contributed by atoms with van der Waals surface area (Å²) in [6, 6.07) is 18.3. The summed E-state index contributed by atoms with van der Waals surface area (Å²) in [5, 5.41) is 46.1. The first kappa shape index (κ1) is 44.2. The molecule has 4 N–H and O–H groups in total.